The van der Waals surface area contributed by atoms with Gasteiger partial charge in [0.15, 0.2) is 5.76 Å². The Morgan fingerprint density at radius 2 is 1.53 bits per heavy atom. The Labute approximate surface area is 176 Å². The van der Waals surface area contributed by atoms with Crippen LogP contribution in [0.4, 0.5) is 0 Å². The summed E-state index contributed by atoms with van der Waals surface area (Å²) >= 11 is 0. The Morgan fingerprint density at radius 3 is 2.20 bits per heavy atom. The molecule has 2 fully saturated rings. The zero-order valence-electron chi connectivity index (χ0n) is 17.3. The van der Waals surface area contributed by atoms with Crippen molar-refractivity contribution in [2.75, 3.05) is 39.3 Å². The molecular formula is C23H27N3O4. The number of aryl methyl sites for hydroxylation is 1. The fraction of sp³-hybridized carbons (Fsp3) is 0.435. The molecule has 0 N–H and O–H groups in total. The molecule has 1 aromatic heterocycles. The van der Waals surface area contributed by atoms with Crippen molar-refractivity contribution in [3.05, 3.63) is 59.5 Å². The average molecular weight is 409 g/mol. The molecule has 0 spiro atoms. The van der Waals surface area contributed by atoms with Gasteiger partial charge in [0, 0.05) is 44.8 Å². The molecule has 2 saturated heterocycles. The molecule has 1 aromatic carbocycles. The van der Waals surface area contributed by atoms with E-state index in [0.717, 1.165) is 12.8 Å². The highest BCUT2D eigenvalue weighted by molar-refractivity contribution is 5.95. The van der Waals surface area contributed by atoms with Crippen molar-refractivity contribution in [1.29, 1.82) is 0 Å². The maximum absolute atomic E-state index is 13.1. The number of carbonyl (C=O) groups excluding carboxylic acids is 3. The fourth-order valence-corrected chi connectivity index (χ4v) is 4.22. The number of piperidine rings is 1. The van der Waals surface area contributed by atoms with Crippen LogP contribution in [0.5, 0.6) is 0 Å². The first-order valence-corrected chi connectivity index (χ1v) is 10.5. The summed E-state index contributed by atoms with van der Waals surface area (Å²) in [7, 11) is 0. The highest BCUT2D eigenvalue weighted by Gasteiger charge is 2.33. The number of amides is 3. The largest absolute Gasteiger partial charge is 0.456 e. The van der Waals surface area contributed by atoms with Gasteiger partial charge < -0.3 is 19.1 Å². The molecule has 2 aliphatic heterocycles. The predicted molar refractivity (Wildman–Crippen MR) is 111 cm³/mol. The summed E-state index contributed by atoms with van der Waals surface area (Å²) in [6.45, 7) is 4.94. The molecule has 30 heavy (non-hydrogen) atoms. The van der Waals surface area contributed by atoms with Gasteiger partial charge in [-0.3, -0.25) is 14.4 Å². The molecule has 0 bridgehead atoms. The Kier molecular flexibility index (Phi) is 5.88. The summed E-state index contributed by atoms with van der Waals surface area (Å²) < 4.78 is 5.43. The van der Waals surface area contributed by atoms with Crippen molar-refractivity contribution >= 4 is 17.7 Å². The second-order valence-electron chi connectivity index (χ2n) is 7.98. The minimum Gasteiger partial charge on any atom is -0.456 e. The normalized spacial score (nSPS) is 19.6. The van der Waals surface area contributed by atoms with Crippen molar-refractivity contribution in [2.24, 2.45) is 5.92 Å². The second kappa shape index (κ2) is 8.73. The van der Waals surface area contributed by atoms with Crippen molar-refractivity contribution < 1.29 is 18.8 Å². The number of hydrogen-bond donors (Lipinski definition) is 0. The van der Waals surface area contributed by atoms with Crippen LogP contribution in [-0.4, -0.2) is 71.7 Å². The third kappa shape index (κ3) is 4.25. The molecule has 7 nitrogen and oxygen atoms in total. The highest BCUT2D eigenvalue weighted by atomic mass is 16.3. The van der Waals surface area contributed by atoms with E-state index in [2.05, 4.69) is 0 Å². The first-order chi connectivity index (χ1) is 14.5. The van der Waals surface area contributed by atoms with E-state index in [-0.39, 0.29) is 23.6 Å². The fourth-order valence-electron chi connectivity index (χ4n) is 4.22. The number of benzene rings is 1. The lowest BCUT2D eigenvalue weighted by molar-refractivity contribution is -0.138. The first kappa shape index (κ1) is 20.2. The minimum atomic E-state index is -0.179. The number of hydrogen-bond acceptors (Lipinski definition) is 4. The number of rotatable bonds is 3. The molecular weight excluding hydrogens is 382 g/mol. The Hall–Kier alpha value is -3.09. The van der Waals surface area contributed by atoms with Gasteiger partial charge in [-0.05, 0) is 44.0 Å². The summed E-state index contributed by atoms with van der Waals surface area (Å²) in [5.74, 6) is 0.807. The van der Waals surface area contributed by atoms with Crippen LogP contribution in [0, 0.1) is 12.8 Å². The number of piperazine rings is 1. The lowest BCUT2D eigenvalue weighted by atomic mass is 9.95. The minimum absolute atomic E-state index is 0.0164. The number of likely N-dealkylation sites (tertiary alicyclic amines) is 1. The van der Waals surface area contributed by atoms with E-state index in [4.69, 9.17) is 4.42 Å². The van der Waals surface area contributed by atoms with Gasteiger partial charge in [-0.25, -0.2) is 0 Å². The molecule has 0 aliphatic carbocycles. The van der Waals surface area contributed by atoms with E-state index >= 15 is 0 Å². The zero-order valence-corrected chi connectivity index (χ0v) is 17.3. The summed E-state index contributed by atoms with van der Waals surface area (Å²) in [5.41, 5.74) is 0.658. The van der Waals surface area contributed by atoms with E-state index in [9.17, 15) is 14.4 Å². The van der Waals surface area contributed by atoms with E-state index in [1.165, 1.54) is 0 Å². The lowest BCUT2D eigenvalue weighted by Gasteiger charge is -2.38. The van der Waals surface area contributed by atoms with E-state index in [1.54, 1.807) is 21.9 Å². The highest BCUT2D eigenvalue weighted by Crippen LogP contribution is 2.22. The van der Waals surface area contributed by atoms with Crippen LogP contribution in [0.1, 0.15) is 39.5 Å². The molecule has 158 valence electrons. The number of nitrogens with zero attached hydrogens (tertiary/aromatic N) is 3. The van der Waals surface area contributed by atoms with E-state index < -0.39 is 0 Å². The molecule has 2 aromatic rings. The molecule has 7 heteroatoms. The lowest BCUT2D eigenvalue weighted by Crippen LogP contribution is -2.54. The maximum atomic E-state index is 13.1. The SMILES string of the molecule is Cc1ccc(C(=O)N2CCN(C(=O)C3CCCN(C(=O)c4ccccc4)C3)CC2)o1. The molecule has 3 amide bonds. The van der Waals surface area contributed by atoms with Crippen LogP contribution in [0.2, 0.25) is 0 Å². The second-order valence-corrected chi connectivity index (χ2v) is 7.98. The van der Waals surface area contributed by atoms with Crippen molar-refractivity contribution in [3.8, 4) is 0 Å². The summed E-state index contributed by atoms with van der Waals surface area (Å²) in [6, 6.07) is 12.7. The predicted octanol–water partition coefficient (Wildman–Crippen LogP) is 2.42. The quantitative estimate of drug-likeness (QED) is 0.780. The van der Waals surface area contributed by atoms with Crippen LogP contribution < -0.4 is 0 Å². The Balaban J connectivity index is 1.32. The van der Waals surface area contributed by atoms with E-state index in [0.29, 0.717) is 56.4 Å². The summed E-state index contributed by atoms with van der Waals surface area (Å²) in [6.07, 6.45) is 1.62. The molecule has 4 rings (SSSR count). The van der Waals surface area contributed by atoms with Gasteiger partial charge in [-0.2, -0.15) is 0 Å². The van der Waals surface area contributed by atoms with Gasteiger partial charge in [0.05, 0.1) is 5.92 Å². The van der Waals surface area contributed by atoms with Crippen molar-refractivity contribution in [2.45, 2.75) is 19.8 Å². The molecule has 2 aliphatic rings. The van der Waals surface area contributed by atoms with Gasteiger partial charge in [0.2, 0.25) is 5.91 Å². The van der Waals surface area contributed by atoms with Crippen LogP contribution in [0.25, 0.3) is 0 Å². The van der Waals surface area contributed by atoms with Gasteiger partial charge in [-0.1, -0.05) is 18.2 Å². The van der Waals surface area contributed by atoms with Crippen molar-refractivity contribution in [3.63, 3.8) is 0 Å². The molecule has 1 atom stereocenters. The monoisotopic (exact) mass is 409 g/mol. The average Bonchev–Trinajstić information content (AvgIpc) is 3.24. The van der Waals surface area contributed by atoms with Crippen LogP contribution in [0.15, 0.2) is 46.9 Å². The summed E-state index contributed by atoms with van der Waals surface area (Å²) in [5, 5.41) is 0. The third-order valence-electron chi connectivity index (χ3n) is 5.91. The Morgan fingerprint density at radius 1 is 0.833 bits per heavy atom. The van der Waals surface area contributed by atoms with Crippen LogP contribution in [-0.2, 0) is 4.79 Å². The first-order valence-electron chi connectivity index (χ1n) is 10.5. The smallest absolute Gasteiger partial charge is 0.289 e. The molecule has 0 saturated carbocycles. The topological polar surface area (TPSA) is 74.1 Å². The summed E-state index contributed by atoms with van der Waals surface area (Å²) in [4.78, 5) is 43.7. The number of furan rings is 1. The van der Waals surface area contributed by atoms with Gasteiger partial charge in [0.25, 0.3) is 11.8 Å². The van der Waals surface area contributed by atoms with Gasteiger partial charge in [0.1, 0.15) is 5.76 Å². The number of carbonyl (C=O) groups is 3. The van der Waals surface area contributed by atoms with Gasteiger partial charge >= 0.3 is 0 Å². The maximum Gasteiger partial charge on any atom is 0.289 e. The standard InChI is InChI=1S/C23H27N3O4/c1-17-9-10-20(30-17)23(29)25-14-12-24(13-15-25)22(28)19-8-5-11-26(16-19)21(27)18-6-3-2-4-7-18/h2-4,6-7,9-10,19H,5,8,11-16H2,1H3. The van der Waals surface area contributed by atoms with Crippen LogP contribution in [0.3, 0.4) is 0 Å². The zero-order chi connectivity index (χ0) is 21.1. The molecule has 1 unspecified atom stereocenters. The molecule has 3 heterocycles. The van der Waals surface area contributed by atoms with Crippen LogP contribution >= 0.6 is 0 Å². The van der Waals surface area contributed by atoms with Gasteiger partial charge in [-0.15, -0.1) is 0 Å². The third-order valence-corrected chi connectivity index (χ3v) is 5.91. The van der Waals surface area contributed by atoms with E-state index in [1.807, 2.05) is 42.2 Å². The Bertz CT molecular complexity index is 916. The molecule has 0 radical (unpaired) electrons. The van der Waals surface area contributed by atoms with Crippen molar-refractivity contribution in [1.82, 2.24) is 14.7 Å².